The molecule has 25 heavy (non-hydrogen) atoms. The summed E-state index contributed by atoms with van der Waals surface area (Å²) in [6.45, 7) is 4.10. The Balaban J connectivity index is 1.81. The summed E-state index contributed by atoms with van der Waals surface area (Å²) in [5.74, 6) is -0.109. The van der Waals surface area contributed by atoms with Gasteiger partial charge in [-0.05, 0) is 18.2 Å². The van der Waals surface area contributed by atoms with Crippen molar-refractivity contribution in [3.05, 3.63) is 39.3 Å². The number of halogens is 2. The van der Waals surface area contributed by atoms with Gasteiger partial charge in [0.25, 0.3) is 5.91 Å². The third-order valence-electron chi connectivity index (χ3n) is 3.85. The van der Waals surface area contributed by atoms with Crippen LogP contribution in [0.5, 0.6) is 0 Å². The molecule has 132 valence electrons. The number of quaternary nitrogens is 1. The lowest BCUT2D eigenvalue weighted by molar-refractivity contribution is -0.907. The summed E-state index contributed by atoms with van der Waals surface area (Å²) in [7, 11) is 0. The van der Waals surface area contributed by atoms with E-state index in [1.807, 2.05) is 5.38 Å². The van der Waals surface area contributed by atoms with Gasteiger partial charge in [-0.2, -0.15) is 0 Å². The minimum atomic E-state index is -0.163. The fourth-order valence-corrected chi connectivity index (χ4v) is 3.87. The zero-order valence-electron chi connectivity index (χ0n) is 13.5. The van der Waals surface area contributed by atoms with E-state index in [2.05, 4.69) is 10.3 Å². The smallest absolute Gasteiger partial charge is 0.275 e. The summed E-state index contributed by atoms with van der Waals surface area (Å²) in [5, 5.41) is 6.12. The number of nitrogens with zero attached hydrogens (tertiary/aromatic N) is 2. The molecule has 0 spiro atoms. The zero-order chi connectivity index (χ0) is 18.0. The van der Waals surface area contributed by atoms with Crippen molar-refractivity contribution >= 4 is 57.2 Å². The molecule has 1 saturated heterocycles. The molecule has 1 aromatic carbocycles. The van der Waals surface area contributed by atoms with E-state index < -0.39 is 0 Å². The summed E-state index contributed by atoms with van der Waals surface area (Å²) in [5.41, 5.74) is 1.48. The van der Waals surface area contributed by atoms with Crippen molar-refractivity contribution in [1.29, 1.82) is 0 Å². The second-order valence-electron chi connectivity index (χ2n) is 5.78. The van der Waals surface area contributed by atoms with Crippen LogP contribution < -0.4 is 15.1 Å². The monoisotopic (exact) mass is 399 g/mol. The number of anilines is 2. The van der Waals surface area contributed by atoms with Crippen LogP contribution in [0, 0.1) is 0 Å². The Labute approximate surface area is 159 Å². The van der Waals surface area contributed by atoms with Gasteiger partial charge in [-0.1, -0.05) is 23.2 Å². The molecule has 0 saturated carbocycles. The van der Waals surface area contributed by atoms with Gasteiger partial charge in [0.1, 0.15) is 12.2 Å². The van der Waals surface area contributed by atoms with E-state index in [0.717, 1.165) is 17.1 Å². The summed E-state index contributed by atoms with van der Waals surface area (Å²) in [6, 6.07) is 5.03. The number of rotatable bonds is 4. The molecule has 0 bridgehead atoms. The maximum absolute atomic E-state index is 12.1. The number of aromatic nitrogens is 1. The van der Waals surface area contributed by atoms with Crippen LogP contribution in [0.15, 0.2) is 23.6 Å². The molecule has 2 aromatic rings. The number of hydrogen-bond acceptors (Lipinski definition) is 4. The largest absolute Gasteiger partial charge is 0.346 e. The molecule has 2 heterocycles. The molecular weight excluding hydrogens is 383 g/mol. The highest BCUT2D eigenvalue weighted by Gasteiger charge is 2.23. The number of amides is 2. The molecule has 1 aliphatic heterocycles. The lowest BCUT2D eigenvalue weighted by atomic mass is 10.3. The third-order valence-corrected chi connectivity index (χ3v) is 5.46. The van der Waals surface area contributed by atoms with Gasteiger partial charge in [-0.3, -0.25) is 14.5 Å². The predicted molar refractivity (Wildman–Crippen MR) is 98.8 cm³/mol. The number of benzene rings is 1. The van der Waals surface area contributed by atoms with Crippen molar-refractivity contribution in [2.24, 2.45) is 0 Å². The van der Waals surface area contributed by atoms with Crippen LogP contribution in [-0.2, 0) is 16.1 Å². The van der Waals surface area contributed by atoms with Crippen molar-refractivity contribution in [1.82, 2.24) is 10.3 Å². The number of carbonyl (C=O) groups excluding carboxylic acids is 2. The van der Waals surface area contributed by atoms with Crippen LogP contribution in [0.4, 0.5) is 10.8 Å². The minimum absolute atomic E-state index is 0.0536. The van der Waals surface area contributed by atoms with Gasteiger partial charge in [-0.25, -0.2) is 4.98 Å². The molecule has 1 unspecified atom stereocenters. The van der Waals surface area contributed by atoms with Crippen LogP contribution in [0.3, 0.4) is 0 Å². The van der Waals surface area contributed by atoms with Crippen molar-refractivity contribution in [2.75, 3.05) is 24.5 Å². The summed E-state index contributed by atoms with van der Waals surface area (Å²) in [4.78, 5) is 30.9. The third kappa shape index (κ3) is 4.30. The Kier molecular flexibility index (Phi) is 5.58. The normalized spacial score (nSPS) is 17.2. The Hall–Kier alpha value is -1.67. The topological polar surface area (TPSA) is 66.7 Å². The first kappa shape index (κ1) is 18.1. The molecule has 2 amide bonds. The highest BCUT2D eigenvalue weighted by Crippen LogP contribution is 2.33. The highest BCUT2D eigenvalue weighted by molar-refractivity contribution is 7.14. The maximum Gasteiger partial charge on any atom is 0.275 e. The van der Waals surface area contributed by atoms with E-state index in [9.17, 15) is 9.59 Å². The van der Waals surface area contributed by atoms with Crippen LogP contribution in [0.25, 0.3) is 0 Å². The Morgan fingerprint density at radius 1 is 1.40 bits per heavy atom. The van der Waals surface area contributed by atoms with Gasteiger partial charge in [-0.15, -0.1) is 11.3 Å². The van der Waals surface area contributed by atoms with Crippen molar-refractivity contribution in [3.63, 3.8) is 0 Å². The lowest BCUT2D eigenvalue weighted by Crippen LogP contribution is -3.14. The van der Waals surface area contributed by atoms with Gasteiger partial charge >= 0.3 is 0 Å². The predicted octanol–water partition coefficient (Wildman–Crippen LogP) is 1.65. The molecule has 0 radical (unpaired) electrons. The fourth-order valence-electron chi connectivity index (χ4n) is 2.69. The SMILES string of the molecule is CC(=O)N(c1ccc(Cl)c(Cl)c1)c1nc(C[NH+]2CCNC(=O)C2)cs1. The summed E-state index contributed by atoms with van der Waals surface area (Å²) >= 11 is 13.4. The number of nitrogens with one attached hydrogen (secondary N) is 2. The molecule has 1 aromatic heterocycles. The Morgan fingerprint density at radius 3 is 2.88 bits per heavy atom. The van der Waals surface area contributed by atoms with E-state index >= 15 is 0 Å². The Bertz CT molecular complexity index is 811. The van der Waals surface area contributed by atoms with Gasteiger partial charge in [0, 0.05) is 12.3 Å². The van der Waals surface area contributed by atoms with Crippen LogP contribution in [0.2, 0.25) is 10.0 Å². The first-order chi connectivity index (χ1) is 11.9. The summed E-state index contributed by atoms with van der Waals surface area (Å²) in [6.07, 6.45) is 0. The summed E-state index contributed by atoms with van der Waals surface area (Å²) < 4.78 is 0. The molecule has 6 nitrogen and oxygen atoms in total. The van der Waals surface area contributed by atoms with E-state index in [1.54, 1.807) is 18.2 Å². The first-order valence-corrected chi connectivity index (χ1v) is 9.38. The second kappa shape index (κ2) is 7.70. The van der Waals surface area contributed by atoms with E-state index in [1.165, 1.54) is 23.2 Å². The fraction of sp³-hybridized carbons (Fsp3) is 0.312. The quantitative estimate of drug-likeness (QED) is 0.821. The van der Waals surface area contributed by atoms with E-state index in [0.29, 0.717) is 40.5 Å². The first-order valence-electron chi connectivity index (χ1n) is 7.74. The van der Waals surface area contributed by atoms with Gasteiger partial charge in [0.05, 0.1) is 28.8 Å². The number of piperazine rings is 1. The van der Waals surface area contributed by atoms with Crippen molar-refractivity contribution in [2.45, 2.75) is 13.5 Å². The van der Waals surface area contributed by atoms with Crippen molar-refractivity contribution < 1.29 is 14.5 Å². The highest BCUT2D eigenvalue weighted by atomic mass is 35.5. The van der Waals surface area contributed by atoms with Gasteiger partial charge in [0.15, 0.2) is 11.7 Å². The van der Waals surface area contributed by atoms with Gasteiger partial charge in [0.2, 0.25) is 5.91 Å². The van der Waals surface area contributed by atoms with Crippen LogP contribution in [0.1, 0.15) is 12.6 Å². The zero-order valence-corrected chi connectivity index (χ0v) is 15.8. The molecule has 1 fully saturated rings. The van der Waals surface area contributed by atoms with Gasteiger partial charge < -0.3 is 10.2 Å². The van der Waals surface area contributed by atoms with Crippen LogP contribution >= 0.6 is 34.5 Å². The second-order valence-corrected chi connectivity index (χ2v) is 7.43. The average Bonchev–Trinajstić information content (AvgIpc) is 2.98. The minimum Gasteiger partial charge on any atom is -0.346 e. The lowest BCUT2D eigenvalue weighted by Gasteiger charge is -2.22. The molecule has 1 aliphatic rings. The van der Waals surface area contributed by atoms with Crippen molar-refractivity contribution in [3.8, 4) is 0 Å². The maximum atomic E-state index is 12.1. The average molecular weight is 400 g/mol. The van der Waals surface area contributed by atoms with E-state index in [4.69, 9.17) is 23.2 Å². The molecule has 0 aliphatic carbocycles. The van der Waals surface area contributed by atoms with E-state index in [-0.39, 0.29) is 11.8 Å². The number of thiazole rings is 1. The number of carbonyl (C=O) groups is 2. The Morgan fingerprint density at radius 2 is 2.20 bits per heavy atom. The molecule has 1 atom stereocenters. The molecule has 3 rings (SSSR count). The number of hydrogen-bond donors (Lipinski definition) is 2. The molecule has 9 heteroatoms. The molecule has 2 N–H and O–H groups in total. The molecular formula is C16H17Cl2N4O2S+. The van der Waals surface area contributed by atoms with Crippen LogP contribution in [-0.4, -0.2) is 36.4 Å². The standard InChI is InChI=1S/C16H16Cl2N4O2S/c1-10(23)22(12-2-3-13(17)14(18)6-12)16-20-11(9-25-16)7-21-5-4-19-15(24)8-21/h2-3,6,9H,4-5,7-8H2,1H3,(H,19,24)/p+1.